The lowest BCUT2D eigenvalue weighted by Gasteiger charge is -2.32. The molecule has 5 atom stereocenters. The topological polar surface area (TPSA) is 78.9 Å². The van der Waals surface area contributed by atoms with Crippen molar-refractivity contribution in [2.24, 2.45) is 22.7 Å². The molecule has 0 aromatic heterocycles. The van der Waals surface area contributed by atoms with E-state index in [4.69, 9.17) is 14.2 Å². The first-order valence-electron chi connectivity index (χ1n) is 8.28. The average Bonchev–Trinajstić information content (AvgIpc) is 3.07. The van der Waals surface area contributed by atoms with Crippen LogP contribution < -0.4 is 0 Å². The van der Waals surface area contributed by atoms with Crippen LogP contribution in [0.4, 0.5) is 0 Å². The van der Waals surface area contributed by atoms with Crippen LogP contribution in [0.1, 0.15) is 47.0 Å². The maximum Gasteiger partial charge on any atom is 0.344 e. The number of ether oxygens (including phenoxy) is 3. The van der Waals surface area contributed by atoms with Gasteiger partial charge in [0.25, 0.3) is 0 Å². The highest BCUT2D eigenvalue weighted by Gasteiger charge is 2.71. The molecule has 6 nitrogen and oxygen atoms in total. The van der Waals surface area contributed by atoms with Crippen LogP contribution in [-0.4, -0.2) is 36.7 Å². The van der Waals surface area contributed by atoms with Gasteiger partial charge in [0.15, 0.2) is 6.61 Å². The molecule has 6 heteroatoms. The number of rotatable bonds is 5. The second-order valence-electron chi connectivity index (χ2n) is 7.79. The first-order valence-corrected chi connectivity index (χ1v) is 8.28. The second kappa shape index (κ2) is 5.21. The molecule has 3 rings (SSSR count). The lowest BCUT2D eigenvalue weighted by molar-refractivity contribution is -0.174. The van der Waals surface area contributed by atoms with Crippen molar-refractivity contribution in [2.75, 3.05) is 6.61 Å². The average molecular weight is 324 g/mol. The molecule has 1 aliphatic heterocycles. The number of carbonyl (C=O) groups excluding carboxylic acids is 3. The Kier molecular flexibility index (Phi) is 3.69. The minimum atomic E-state index is -0.740. The third-order valence-corrected chi connectivity index (χ3v) is 6.04. The molecule has 1 saturated heterocycles. The van der Waals surface area contributed by atoms with Crippen molar-refractivity contribution in [1.29, 1.82) is 0 Å². The zero-order chi connectivity index (χ0) is 17.0. The van der Waals surface area contributed by atoms with Crippen molar-refractivity contribution in [1.82, 2.24) is 0 Å². The number of hydrogen-bond donors (Lipinski definition) is 0. The Hall–Kier alpha value is -1.59. The van der Waals surface area contributed by atoms with Crippen molar-refractivity contribution in [3.8, 4) is 0 Å². The van der Waals surface area contributed by atoms with E-state index in [1.807, 2.05) is 13.8 Å². The summed E-state index contributed by atoms with van der Waals surface area (Å²) in [5, 5.41) is 0. The summed E-state index contributed by atoms with van der Waals surface area (Å²) >= 11 is 0. The Labute approximate surface area is 135 Å². The molecule has 0 radical (unpaired) electrons. The first-order chi connectivity index (χ1) is 10.7. The number of hydrogen-bond acceptors (Lipinski definition) is 6. The maximum atomic E-state index is 12.1. The summed E-state index contributed by atoms with van der Waals surface area (Å²) in [5.74, 6) is -0.987. The lowest BCUT2D eigenvalue weighted by atomic mass is 9.74. The van der Waals surface area contributed by atoms with Crippen molar-refractivity contribution < 1.29 is 28.6 Å². The van der Waals surface area contributed by atoms with E-state index in [0.29, 0.717) is 6.42 Å². The van der Waals surface area contributed by atoms with E-state index in [2.05, 4.69) is 0 Å². The molecule has 23 heavy (non-hydrogen) atoms. The smallest absolute Gasteiger partial charge is 0.344 e. The molecule has 0 aromatic rings. The predicted molar refractivity (Wildman–Crippen MR) is 79.1 cm³/mol. The van der Waals surface area contributed by atoms with Crippen LogP contribution in [0, 0.1) is 22.7 Å². The molecule has 0 N–H and O–H groups in total. The molecule has 3 aliphatic rings. The highest BCUT2D eigenvalue weighted by Crippen LogP contribution is 2.62. The minimum absolute atomic E-state index is 0.0179. The molecule has 128 valence electrons. The van der Waals surface area contributed by atoms with E-state index in [9.17, 15) is 14.4 Å². The van der Waals surface area contributed by atoms with Gasteiger partial charge in [0, 0.05) is 11.8 Å². The third kappa shape index (κ3) is 2.34. The van der Waals surface area contributed by atoms with E-state index in [1.165, 1.54) is 0 Å². The third-order valence-electron chi connectivity index (χ3n) is 6.04. The fourth-order valence-electron chi connectivity index (χ4n) is 4.14. The largest absolute Gasteiger partial charge is 0.461 e. The second-order valence-corrected chi connectivity index (χ2v) is 7.79. The van der Waals surface area contributed by atoms with Crippen LogP contribution in [0.2, 0.25) is 0 Å². The number of carbonyl (C=O) groups is 3. The summed E-state index contributed by atoms with van der Waals surface area (Å²) in [6.07, 6.45) is 1.75. The molecule has 2 aliphatic carbocycles. The van der Waals surface area contributed by atoms with Gasteiger partial charge in [-0.15, -0.1) is 0 Å². The van der Waals surface area contributed by atoms with Crippen LogP contribution in [0.25, 0.3) is 0 Å². The van der Waals surface area contributed by atoms with Gasteiger partial charge in [-0.1, -0.05) is 6.92 Å². The predicted octanol–water partition coefficient (Wildman–Crippen LogP) is 1.85. The van der Waals surface area contributed by atoms with E-state index < -0.39 is 35.5 Å². The Bertz CT molecular complexity index is 553. The van der Waals surface area contributed by atoms with Gasteiger partial charge in [-0.05, 0) is 40.0 Å². The molecular formula is C17H24O6. The fraction of sp³-hybridized carbons (Fsp3) is 0.824. The SMILES string of the molecule is CCC(C)(C)C(=O)OCC(=O)OC1C2CC3OC(=O)C1(C)C3C2. The molecule has 0 spiro atoms. The van der Waals surface area contributed by atoms with Gasteiger partial charge in [0.1, 0.15) is 17.6 Å². The molecule has 2 saturated carbocycles. The summed E-state index contributed by atoms with van der Waals surface area (Å²) in [6, 6.07) is 0. The van der Waals surface area contributed by atoms with E-state index in [1.54, 1.807) is 13.8 Å². The van der Waals surface area contributed by atoms with Crippen LogP contribution in [0.5, 0.6) is 0 Å². The zero-order valence-electron chi connectivity index (χ0n) is 14.1. The number of esters is 3. The van der Waals surface area contributed by atoms with Gasteiger partial charge < -0.3 is 14.2 Å². The van der Waals surface area contributed by atoms with Crippen LogP contribution in [0.15, 0.2) is 0 Å². The molecule has 3 fully saturated rings. The first kappa shape index (κ1) is 16.3. The Balaban J connectivity index is 1.59. The lowest BCUT2D eigenvalue weighted by Crippen LogP contribution is -2.44. The van der Waals surface area contributed by atoms with E-state index in [-0.39, 0.29) is 23.9 Å². The van der Waals surface area contributed by atoms with Gasteiger partial charge in [0.05, 0.1) is 5.41 Å². The summed E-state index contributed by atoms with van der Waals surface area (Å²) in [6.45, 7) is 6.84. The van der Waals surface area contributed by atoms with Crippen molar-refractivity contribution in [2.45, 2.75) is 59.2 Å². The maximum absolute atomic E-state index is 12.1. The normalized spacial score (nSPS) is 37.7. The molecular weight excluding hydrogens is 300 g/mol. The van der Waals surface area contributed by atoms with Gasteiger partial charge in [0.2, 0.25) is 0 Å². The van der Waals surface area contributed by atoms with Crippen LogP contribution in [-0.2, 0) is 28.6 Å². The van der Waals surface area contributed by atoms with Gasteiger partial charge in [-0.25, -0.2) is 4.79 Å². The fourth-order valence-corrected chi connectivity index (χ4v) is 4.14. The van der Waals surface area contributed by atoms with Crippen LogP contribution in [0.3, 0.4) is 0 Å². The number of fused-ring (bicyclic) bond motifs is 1. The van der Waals surface area contributed by atoms with E-state index >= 15 is 0 Å². The molecule has 0 amide bonds. The molecule has 1 heterocycles. The molecule has 0 aromatic carbocycles. The standard InChI is InChI=1S/C17H24O6/c1-5-16(2,3)14(19)21-8-12(18)23-13-9-6-10-11(7-9)22-15(20)17(10,13)4/h9-11,13H,5-8H2,1-4H3. The highest BCUT2D eigenvalue weighted by atomic mass is 16.6. The van der Waals surface area contributed by atoms with Gasteiger partial charge >= 0.3 is 17.9 Å². The van der Waals surface area contributed by atoms with Gasteiger partial charge in [-0.2, -0.15) is 0 Å². The van der Waals surface area contributed by atoms with Crippen LogP contribution >= 0.6 is 0 Å². The van der Waals surface area contributed by atoms with E-state index in [0.717, 1.165) is 12.8 Å². The zero-order valence-corrected chi connectivity index (χ0v) is 14.1. The quantitative estimate of drug-likeness (QED) is 0.567. The van der Waals surface area contributed by atoms with Crippen molar-refractivity contribution in [3.05, 3.63) is 0 Å². The minimum Gasteiger partial charge on any atom is -0.461 e. The summed E-state index contributed by atoms with van der Waals surface area (Å²) in [4.78, 5) is 36.1. The Morgan fingerprint density at radius 3 is 2.70 bits per heavy atom. The Morgan fingerprint density at radius 1 is 1.35 bits per heavy atom. The monoisotopic (exact) mass is 324 g/mol. The summed E-state index contributed by atoms with van der Waals surface area (Å²) in [5.41, 5.74) is -1.36. The summed E-state index contributed by atoms with van der Waals surface area (Å²) in [7, 11) is 0. The Morgan fingerprint density at radius 2 is 2.04 bits per heavy atom. The highest BCUT2D eigenvalue weighted by molar-refractivity contribution is 5.83. The molecule has 2 bridgehead atoms. The van der Waals surface area contributed by atoms with Gasteiger partial charge in [-0.3, -0.25) is 9.59 Å². The molecule has 5 unspecified atom stereocenters. The summed E-state index contributed by atoms with van der Waals surface area (Å²) < 4.78 is 16.0. The van der Waals surface area contributed by atoms with Crippen molar-refractivity contribution >= 4 is 17.9 Å². The van der Waals surface area contributed by atoms with Crippen molar-refractivity contribution in [3.63, 3.8) is 0 Å².